The molecular weight excluding hydrogens is 292 g/mol. The van der Waals surface area contributed by atoms with Gasteiger partial charge in [-0.2, -0.15) is 0 Å². The van der Waals surface area contributed by atoms with E-state index in [2.05, 4.69) is 10.3 Å². The molecule has 2 atom stereocenters. The number of hydrogen-bond acceptors (Lipinski definition) is 4. The maximum atomic E-state index is 12.3. The van der Waals surface area contributed by atoms with Gasteiger partial charge in [0.05, 0.1) is 23.6 Å². The molecule has 2 rings (SSSR count). The number of hydrogen-bond donors (Lipinski definition) is 1. The van der Waals surface area contributed by atoms with E-state index in [4.69, 9.17) is 16.3 Å². The molecule has 21 heavy (non-hydrogen) atoms. The van der Waals surface area contributed by atoms with E-state index in [0.717, 1.165) is 32.1 Å². The fourth-order valence-corrected chi connectivity index (χ4v) is 2.92. The van der Waals surface area contributed by atoms with Gasteiger partial charge in [0.15, 0.2) is 0 Å². The number of halogens is 1. The Morgan fingerprint density at radius 3 is 2.81 bits per heavy atom. The van der Waals surface area contributed by atoms with Gasteiger partial charge >= 0.3 is 5.97 Å². The quantitative estimate of drug-likeness (QED) is 0.688. The predicted octanol–water partition coefficient (Wildman–Crippen LogP) is 2.59. The number of carbonyl (C=O) groups is 2. The summed E-state index contributed by atoms with van der Waals surface area (Å²) in [6, 6.07) is 1.36. The molecule has 1 heterocycles. The van der Waals surface area contributed by atoms with Gasteiger partial charge in [0, 0.05) is 18.4 Å². The highest BCUT2D eigenvalue weighted by molar-refractivity contribution is 6.33. The van der Waals surface area contributed by atoms with Gasteiger partial charge in [-0.1, -0.05) is 30.9 Å². The lowest BCUT2D eigenvalue weighted by Crippen LogP contribution is -2.43. The highest BCUT2D eigenvalue weighted by Crippen LogP contribution is 2.25. The molecule has 0 aromatic carbocycles. The standard InChI is InChI=1S/C15H19ClN2O3/c1-21-15(20)11-5-3-2-4-6-13(11)18-14(19)10-7-8-17-9-12(10)16/h7-9,11,13H,2-6H2,1H3,(H,18,19). The van der Waals surface area contributed by atoms with Crippen LogP contribution < -0.4 is 5.32 Å². The molecule has 0 spiro atoms. The lowest BCUT2D eigenvalue weighted by atomic mass is 9.94. The van der Waals surface area contributed by atoms with Crippen LogP contribution in [0.5, 0.6) is 0 Å². The van der Waals surface area contributed by atoms with E-state index in [-0.39, 0.29) is 23.8 Å². The van der Waals surface area contributed by atoms with Crippen molar-refractivity contribution in [2.24, 2.45) is 5.92 Å². The average Bonchev–Trinajstić information content (AvgIpc) is 2.72. The zero-order valence-electron chi connectivity index (χ0n) is 12.0. The molecule has 0 bridgehead atoms. The number of aromatic nitrogens is 1. The predicted molar refractivity (Wildman–Crippen MR) is 79.1 cm³/mol. The fourth-order valence-electron chi connectivity index (χ4n) is 2.72. The van der Waals surface area contributed by atoms with Gasteiger partial charge in [0.25, 0.3) is 5.91 Å². The Morgan fingerprint density at radius 2 is 2.10 bits per heavy atom. The molecule has 1 saturated carbocycles. The molecule has 1 aromatic heterocycles. The number of amides is 1. The number of nitrogens with zero attached hydrogens (tertiary/aromatic N) is 1. The number of esters is 1. The lowest BCUT2D eigenvalue weighted by molar-refractivity contribution is -0.146. The summed E-state index contributed by atoms with van der Waals surface area (Å²) in [5.41, 5.74) is 0.375. The van der Waals surface area contributed by atoms with Gasteiger partial charge in [-0.25, -0.2) is 0 Å². The monoisotopic (exact) mass is 310 g/mol. The summed E-state index contributed by atoms with van der Waals surface area (Å²) in [6.45, 7) is 0. The van der Waals surface area contributed by atoms with Crippen molar-refractivity contribution in [2.45, 2.75) is 38.1 Å². The van der Waals surface area contributed by atoms with Crippen molar-refractivity contribution >= 4 is 23.5 Å². The molecule has 0 saturated heterocycles. The summed E-state index contributed by atoms with van der Waals surface area (Å²) in [6.07, 6.45) is 7.49. The molecule has 1 fully saturated rings. The van der Waals surface area contributed by atoms with Crippen LogP contribution in [0.3, 0.4) is 0 Å². The van der Waals surface area contributed by atoms with Crippen molar-refractivity contribution in [3.05, 3.63) is 29.0 Å². The molecule has 0 radical (unpaired) electrons. The molecule has 1 amide bonds. The first-order chi connectivity index (χ1) is 10.1. The van der Waals surface area contributed by atoms with E-state index in [9.17, 15) is 9.59 Å². The van der Waals surface area contributed by atoms with Gasteiger partial charge in [0.2, 0.25) is 0 Å². The molecule has 1 aliphatic rings. The summed E-state index contributed by atoms with van der Waals surface area (Å²) >= 11 is 5.98. The van der Waals surface area contributed by atoms with E-state index in [1.54, 1.807) is 6.07 Å². The zero-order valence-corrected chi connectivity index (χ0v) is 12.7. The minimum absolute atomic E-state index is 0.211. The molecule has 1 aromatic rings. The third-order valence-electron chi connectivity index (χ3n) is 3.85. The molecule has 114 valence electrons. The van der Waals surface area contributed by atoms with Crippen LogP contribution >= 0.6 is 11.6 Å². The van der Waals surface area contributed by atoms with Crippen LogP contribution in [0.4, 0.5) is 0 Å². The normalized spacial score (nSPS) is 22.2. The van der Waals surface area contributed by atoms with Crippen LogP contribution in [0.2, 0.25) is 5.02 Å². The lowest BCUT2D eigenvalue weighted by Gasteiger charge is -2.24. The van der Waals surface area contributed by atoms with Crippen molar-refractivity contribution in [2.75, 3.05) is 7.11 Å². The second kappa shape index (κ2) is 7.41. The highest BCUT2D eigenvalue weighted by Gasteiger charge is 2.32. The molecule has 0 aliphatic heterocycles. The third kappa shape index (κ3) is 3.94. The molecule has 1 aliphatic carbocycles. The summed E-state index contributed by atoms with van der Waals surface area (Å²) in [5, 5.41) is 3.23. The van der Waals surface area contributed by atoms with E-state index >= 15 is 0 Å². The third-order valence-corrected chi connectivity index (χ3v) is 4.15. The highest BCUT2D eigenvalue weighted by atomic mass is 35.5. The Kier molecular flexibility index (Phi) is 5.56. The van der Waals surface area contributed by atoms with E-state index < -0.39 is 0 Å². The van der Waals surface area contributed by atoms with Crippen molar-refractivity contribution in [1.82, 2.24) is 10.3 Å². The minimum atomic E-state index is -0.290. The summed E-state index contributed by atoms with van der Waals surface area (Å²) < 4.78 is 4.86. The summed E-state index contributed by atoms with van der Waals surface area (Å²) in [5.74, 6) is -0.826. The molecule has 5 nitrogen and oxygen atoms in total. The zero-order chi connectivity index (χ0) is 15.2. The van der Waals surface area contributed by atoms with Crippen molar-refractivity contribution in [3.63, 3.8) is 0 Å². The summed E-state index contributed by atoms with van der Waals surface area (Å²) in [4.78, 5) is 28.1. The Morgan fingerprint density at radius 1 is 1.33 bits per heavy atom. The first-order valence-electron chi connectivity index (χ1n) is 7.11. The van der Waals surface area contributed by atoms with Gasteiger partial charge in [0.1, 0.15) is 0 Å². The van der Waals surface area contributed by atoms with Crippen molar-refractivity contribution in [3.8, 4) is 0 Å². The Hall–Kier alpha value is -1.62. The number of rotatable bonds is 3. The minimum Gasteiger partial charge on any atom is -0.469 e. The first kappa shape index (κ1) is 15.8. The molecule has 1 N–H and O–H groups in total. The number of methoxy groups -OCH3 is 1. The second-order valence-electron chi connectivity index (χ2n) is 5.20. The van der Waals surface area contributed by atoms with Crippen LogP contribution in [0.15, 0.2) is 18.5 Å². The molecular formula is C15H19ClN2O3. The van der Waals surface area contributed by atoms with Crippen molar-refractivity contribution in [1.29, 1.82) is 0 Å². The van der Waals surface area contributed by atoms with E-state index in [1.165, 1.54) is 19.5 Å². The van der Waals surface area contributed by atoms with Gasteiger partial charge in [-0.05, 0) is 18.9 Å². The molecule has 2 unspecified atom stereocenters. The number of carbonyl (C=O) groups excluding carboxylic acids is 2. The van der Waals surface area contributed by atoms with Crippen molar-refractivity contribution < 1.29 is 14.3 Å². The van der Waals surface area contributed by atoms with Gasteiger partial charge in [-0.15, -0.1) is 0 Å². The van der Waals surface area contributed by atoms with Crippen LogP contribution in [0.1, 0.15) is 42.5 Å². The van der Waals surface area contributed by atoms with Crippen LogP contribution in [0.25, 0.3) is 0 Å². The number of pyridine rings is 1. The molecule has 6 heteroatoms. The summed E-state index contributed by atoms with van der Waals surface area (Å²) in [7, 11) is 1.38. The van der Waals surface area contributed by atoms with Gasteiger partial charge in [-0.3, -0.25) is 14.6 Å². The average molecular weight is 311 g/mol. The largest absolute Gasteiger partial charge is 0.469 e. The first-order valence-corrected chi connectivity index (χ1v) is 7.49. The van der Waals surface area contributed by atoms with E-state index in [0.29, 0.717) is 10.6 Å². The van der Waals surface area contributed by atoms with Crippen LogP contribution in [-0.4, -0.2) is 30.0 Å². The van der Waals surface area contributed by atoms with Crippen LogP contribution in [0, 0.1) is 5.92 Å². The van der Waals surface area contributed by atoms with Crippen LogP contribution in [-0.2, 0) is 9.53 Å². The Bertz CT molecular complexity index is 521. The maximum absolute atomic E-state index is 12.3. The smallest absolute Gasteiger partial charge is 0.310 e. The Balaban J connectivity index is 2.12. The number of nitrogens with one attached hydrogen (secondary N) is 1. The fraction of sp³-hybridized carbons (Fsp3) is 0.533. The maximum Gasteiger partial charge on any atom is 0.310 e. The SMILES string of the molecule is COC(=O)C1CCCCCC1NC(=O)c1ccncc1Cl. The van der Waals surface area contributed by atoms with Gasteiger partial charge < -0.3 is 10.1 Å². The van der Waals surface area contributed by atoms with E-state index in [1.807, 2.05) is 0 Å². The topological polar surface area (TPSA) is 68.3 Å². The Labute approximate surface area is 129 Å². The number of ether oxygens (including phenoxy) is 1. The second-order valence-corrected chi connectivity index (χ2v) is 5.61.